The second-order valence-electron chi connectivity index (χ2n) is 24.3. The van der Waals surface area contributed by atoms with Gasteiger partial charge in [0, 0.05) is 48.3 Å². The zero-order chi connectivity index (χ0) is 71.1. The number of hydrogen-bond donors (Lipinski definition) is 18. The van der Waals surface area contributed by atoms with Crippen molar-refractivity contribution in [3.05, 3.63) is 54.2 Å². The molecule has 2 heterocycles. The maximum Gasteiger partial charge on any atom is 0.243 e. The Hall–Kier alpha value is -9.18. The van der Waals surface area contributed by atoms with Crippen molar-refractivity contribution in [1.82, 2.24) is 73.4 Å². The second-order valence-corrected chi connectivity index (χ2v) is 25.3. The van der Waals surface area contributed by atoms with E-state index in [1.807, 2.05) is 20.1 Å². The van der Waals surface area contributed by atoms with Gasteiger partial charge in [-0.05, 0) is 93.4 Å². The molecule has 1 aromatic carbocycles. The SMILES string of the molecule is CSCC[C@H](NC(=O)[C@H](CC(C)C)NC(=O)[C@H](Cc1cnc[nH]1)NC(=O)CNC(=O)[C@@H](NC(=O)[C@H](C)NC(=O)[C@H](Cc1c[nH]c2ccccc12)NC(=O)[C@H](CCC(N)=O)NC(=O)[C@H](CC(N)=O)NC(=O)CNC(=O)[C@H](CC(C)C)NC(=O)[C@@H](N)CCCCN)C(C)C)C(N)=O. The number of hydrogen-bond acceptors (Lipinski definition) is 18. The quantitative estimate of drug-likeness (QED) is 0.0239. The zero-order valence-corrected chi connectivity index (χ0v) is 55.9. The van der Waals surface area contributed by atoms with E-state index in [1.165, 1.54) is 31.2 Å². The van der Waals surface area contributed by atoms with Crippen molar-refractivity contribution in [2.75, 3.05) is 31.6 Å². The molecule has 0 unspecified atom stereocenters. The van der Waals surface area contributed by atoms with Crippen LogP contribution in [-0.4, -0.2) is 190 Å². The van der Waals surface area contributed by atoms with E-state index >= 15 is 0 Å². The standard InChI is InChI=1S/C61H97N19O14S/c1-31(2)21-42(77-54(87)38(63)14-11-12-19-62)55(88)69-28-49(83)74-46(25-48(65)82)60(93)76-41(16-17-47(64)81)56(89)79-44(23-35-26-68-39-15-10-9-13-37(35)39)57(90)72-34(7)53(86)80-51(33(5)6)61(94)70-29-50(84)73-45(24-36-27-67-30-71-36)59(92)78-43(22-32(3)4)58(91)75-40(52(66)85)18-20-95-8/h9-10,13,15,26-27,30-34,38,40-46,51,68H,11-12,14,16-25,28-29,62-63H2,1-8H3,(H2,64,81)(H2,65,82)(H2,66,85)(H,67,71)(H,69,88)(H,70,94)(H,72,90)(H,73,84)(H,74,83)(H,75,91)(H,76,93)(H,77,87)(H,78,92)(H,79,89)(H,80,86)/t34-,38-,40-,41-,42-,43-,44-,45-,46-,51-/m0/s1. The first kappa shape index (κ1) is 80.1. The maximum absolute atomic E-state index is 14.4. The molecule has 95 heavy (non-hydrogen) atoms. The van der Waals surface area contributed by atoms with E-state index < -0.39 is 181 Å². The molecule has 3 aromatic rings. The van der Waals surface area contributed by atoms with E-state index in [1.54, 1.807) is 58.2 Å². The van der Waals surface area contributed by atoms with Crippen molar-refractivity contribution in [1.29, 1.82) is 0 Å². The van der Waals surface area contributed by atoms with Gasteiger partial charge in [-0.25, -0.2) is 4.98 Å². The number of thioether (sulfide) groups is 1. The Kier molecular flexibility index (Phi) is 34.4. The lowest BCUT2D eigenvalue weighted by Gasteiger charge is -2.27. The Balaban J connectivity index is 1.81. The van der Waals surface area contributed by atoms with Crippen molar-refractivity contribution in [3.8, 4) is 0 Å². The third-order valence-corrected chi connectivity index (χ3v) is 15.5. The highest BCUT2D eigenvalue weighted by Gasteiger charge is 2.36. The Morgan fingerprint density at radius 2 is 1.07 bits per heavy atom. The minimum Gasteiger partial charge on any atom is -0.370 e. The number of nitrogens with one attached hydrogen (secondary N) is 13. The number of carbonyl (C=O) groups is 14. The number of carbonyl (C=O) groups excluding carboxylic acids is 14. The molecule has 23 N–H and O–H groups in total. The monoisotopic (exact) mass is 1350 g/mol. The molecule has 0 aliphatic heterocycles. The third-order valence-electron chi connectivity index (χ3n) is 14.8. The van der Waals surface area contributed by atoms with Gasteiger partial charge in [0.15, 0.2) is 0 Å². The first-order valence-corrected chi connectivity index (χ1v) is 32.8. The fourth-order valence-electron chi connectivity index (χ4n) is 9.71. The molecule has 33 nitrogen and oxygen atoms in total. The normalized spacial score (nSPS) is 14.4. The minimum absolute atomic E-state index is 0.0966. The summed E-state index contributed by atoms with van der Waals surface area (Å²) in [5.74, 6) is -12.5. The number of primary amides is 3. The van der Waals surface area contributed by atoms with Gasteiger partial charge in [0.1, 0.15) is 54.4 Å². The van der Waals surface area contributed by atoms with Gasteiger partial charge in [0.2, 0.25) is 82.7 Å². The predicted octanol–water partition coefficient (Wildman–Crippen LogP) is -4.12. The molecular formula is C61H97N19O14S. The van der Waals surface area contributed by atoms with Gasteiger partial charge in [-0.2, -0.15) is 11.8 Å². The van der Waals surface area contributed by atoms with Crippen molar-refractivity contribution in [2.45, 2.75) is 180 Å². The van der Waals surface area contributed by atoms with Crippen LogP contribution in [0.15, 0.2) is 43.0 Å². The van der Waals surface area contributed by atoms with Crippen LogP contribution in [0.5, 0.6) is 0 Å². The molecule has 0 saturated carbocycles. The molecule has 34 heteroatoms. The average molecular weight is 1350 g/mol. The molecule has 3 rings (SSSR count). The first-order valence-electron chi connectivity index (χ1n) is 31.4. The van der Waals surface area contributed by atoms with Crippen LogP contribution in [-0.2, 0) is 80.0 Å². The lowest BCUT2D eigenvalue weighted by atomic mass is 10.0. The summed E-state index contributed by atoms with van der Waals surface area (Å²) >= 11 is 1.45. The predicted molar refractivity (Wildman–Crippen MR) is 352 cm³/mol. The van der Waals surface area contributed by atoms with Crippen LogP contribution in [0.2, 0.25) is 0 Å². The van der Waals surface area contributed by atoms with Gasteiger partial charge in [0.05, 0.1) is 31.9 Å². The fourth-order valence-corrected chi connectivity index (χ4v) is 10.2. The van der Waals surface area contributed by atoms with E-state index in [0.29, 0.717) is 53.7 Å². The largest absolute Gasteiger partial charge is 0.370 e. The topological polar surface area (TPSA) is 546 Å². The average Bonchev–Trinajstić information content (AvgIpc) is 1.73. The Morgan fingerprint density at radius 1 is 0.537 bits per heavy atom. The molecule has 0 fully saturated rings. The lowest BCUT2D eigenvalue weighted by molar-refractivity contribution is -0.136. The molecule has 10 atom stereocenters. The van der Waals surface area contributed by atoms with Crippen LogP contribution in [0.1, 0.15) is 118 Å². The Labute approximate surface area is 555 Å². The van der Waals surface area contributed by atoms with Crippen LogP contribution in [0.3, 0.4) is 0 Å². The second kappa shape index (κ2) is 40.8. The summed E-state index contributed by atoms with van der Waals surface area (Å²) in [4.78, 5) is 198. The number of H-pyrrole nitrogens is 2. The number of fused-ring (bicyclic) bond motifs is 1. The number of unbranched alkanes of at least 4 members (excludes halogenated alkanes) is 1. The van der Waals surface area contributed by atoms with Crippen LogP contribution in [0.25, 0.3) is 10.9 Å². The minimum atomic E-state index is -1.77. The van der Waals surface area contributed by atoms with Crippen LogP contribution >= 0.6 is 11.8 Å². The van der Waals surface area contributed by atoms with Gasteiger partial charge in [-0.15, -0.1) is 0 Å². The molecule has 0 spiro atoms. The van der Waals surface area contributed by atoms with Gasteiger partial charge in [-0.3, -0.25) is 67.1 Å². The van der Waals surface area contributed by atoms with E-state index in [0.717, 1.165) is 0 Å². The van der Waals surface area contributed by atoms with Crippen molar-refractivity contribution < 1.29 is 67.1 Å². The summed E-state index contributed by atoms with van der Waals surface area (Å²) in [6.07, 6.45) is 6.14. The summed E-state index contributed by atoms with van der Waals surface area (Å²) in [7, 11) is 0. The van der Waals surface area contributed by atoms with E-state index in [4.69, 9.17) is 28.7 Å². The molecule has 0 radical (unpaired) electrons. The summed E-state index contributed by atoms with van der Waals surface area (Å²) in [6.45, 7) is 10.7. The number of para-hydroxylation sites is 1. The van der Waals surface area contributed by atoms with E-state index in [-0.39, 0.29) is 43.9 Å². The third kappa shape index (κ3) is 28.9. The van der Waals surface area contributed by atoms with Crippen molar-refractivity contribution >= 4 is 105 Å². The molecule has 0 aliphatic carbocycles. The maximum atomic E-state index is 14.4. The fraction of sp³-hybridized carbons (Fsp3) is 0.590. The molecule has 0 aliphatic rings. The van der Waals surface area contributed by atoms with Crippen LogP contribution in [0, 0.1) is 17.8 Å². The first-order chi connectivity index (χ1) is 44.8. The van der Waals surface area contributed by atoms with Gasteiger partial charge < -0.3 is 97.1 Å². The molecule has 2 aromatic heterocycles. The summed E-state index contributed by atoms with van der Waals surface area (Å²) in [5.41, 5.74) is 29.7. The van der Waals surface area contributed by atoms with Gasteiger partial charge in [0.25, 0.3) is 0 Å². The molecule has 0 saturated heterocycles. The number of nitrogens with two attached hydrogens (primary N) is 5. The number of nitrogens with zero attached hydrogens (tertiary/aromatic N) is 1. The molecule has 0 bridgehead atoms. The zero-order valence-electron chi connectivity index (χ0n) is 55.1. The van der Waals surface area contributed by atoms with Crippen LogP contribution < -0.4 is 87.2 Å². The van der Waals surface area contributed by atoms with Crippen molar-refractivity contribution in [3.63, 3.8) is 0 Å². The van der Waals surface area contributed by atoms with E-state index in [9.17, 15) is 67.1 Å². The lowest BCUT2D eigenvalue weighted by Crippen LogP contribution is -2.60. The highest BCUT2D eigenvalue weighted by atomic mass is 32.2. The number of aromatic amines is 2. The number of imidazole rings is 1. The summed E-state index contributed by atoms with van der Waals surface area (Å²) < 4.78 is 0. The highest BCUT2D eigenvalue weighted by molar-refractivity contribution is 7.98. The van der Waals surface area contributed by atoms with Gasteiger partial charge in [-0.1, -0.05) is 66.2 Å². The van der Waals surface area contributed by atoms with Crippen molar-refractivity contribution in [2.24, 2.45) is 46.4 Å². The summed E-state index contributed by atoms with van der Waals surface area (Å²) in [5, 5.41) is 28.4. The number of rotatable bonds is 44. The number of aromatic nitrogens is 3. The number of amides is 14. The highest BCUT2D eigenvalue weighted by Crippen LogP contribution is 2.20. The Morgan fingerprint density at radius 3 is 1.65 bits per heavy atom. The Bertz CT molecular complexity index is 3110. The number of benzene rings is 1. The van der Waals surface area contributed by atoms with Crippen LogP contribution in [0.4, 0.5) is 0 Å². The van der Waals surface area contributed by atoms with E-state index in [2.05, 4.69) is 73.4 Å². The molecule has 526 valence electrons. The summed E-state index contributed by atoms with van der Waals surface area (Å²) in [6, 6.07) is -6.26. The van der Waals surface area contributed by atoms with Gasteiger partial charge >= 0.3 is 0 Å². The smallest absolute Gasteiger partial charge is 0.243 e. The molecule has 14 amide bonds. The molecular weight excluding hydrogens is 1250 g/mol.